The fourth-order valence-corrected chi connectivity index (χ4v) is 4.16. The van der Waals surface area contributed by atoms with Crippen LogP contribution in [-0.2, 0) is 17.8 Å². The lowest BCUT2D eigenvalue weighted by Crippen LogP contribution is -2.45. The Kier molecular flexibility index (Phi) is 5.00. The molecule has 0 bridgehead atoms. The molecule has 0 amide bonds. The van der Waals surface area contributed by atoms with Gasteiger partial charge in [0.25, 0.3) is 0 Å². The summed E-state index contributed by atoms with van der Waals surface area (Å²) in [5, 5.41) is 10.1. The molecule has 0 spiro atoms. The minimum atomic E-state index is -0.690. The number of rotatable bonds is 6. The van der Waals surface area contributed by atoms with Crippen LogP contribution >= 0.6 is 0 Å². The minimum Gasteiger partial charge on any atom is -0.481 e. The number of aliphatic carboxylic acids is 1. The number of nitrogens with zero attached hydrogens (tertiary/aromatic N) is 1. The maximum atomic E-state index is 12.3. The molecular formula is C21H25NO2. The molecule has 24 heavy (non-hydrogen) atoms. The number of hydrogen-bond acceptors (Lipinski definition) is 2. The number of hydrogen-bond donors (Lipinski definition) is 1. The van der Waals surface area contributed by atoms with E-state index in [9.17, 15) is 9.90 Å². The lowest BCUT2D eigenvalue weighted by Gasteiger charge is -2.34. The molecule has 2 atom stereocenters. The second-order valence-electron chi connectivity index (χ2n) is 6.75. The van der Waals surface area contributed by atoms with Crippen molar-refractivity contribution in [2.24, 2.45) is 5.41 Å². The van der Waals surface area contributed by atoms with E-state index >= 15 is 0 Å². The van der Waals surface area contributed by atoms with Crippen LogP contribution in [0.3, 0.4) is 0 Å². The van der Waals surface area contributed by atoms with Gasteiger partial charge in [-0.3, -0.25) is 9.69 Å². The fourth-order valence-electron chi connectivity index (χ4n) is 4.16. The summed E-state index contributed by atoms with van der Waals surface area (Å²) in [7, 11) is 0. The van der Waals surface area contributed by atoms with Gasteiger partial charge in [-0.25, -0.2) is 0 Å². The Morgan fingerprint density at radius 1 is 1.08 bits per heavy atom. The van der Waals surface area contributed by atoms with E-state index in [1.165, 1.54) is 5.56 Å². The second-order valence-corrected chi connectivity index (χ2v) is 6.75. The molecule has 1 fully saturated rings. The zero-order valence-corrected chi connectivity index (χ0v) is 14.2. The van der Waals surface area contributed by atoms with Gasteiger partial charge in [0.2, 0.25) is 0 Å². The average molecular weight is 323 g/mol. The second kappa shape index (κ2) is 7.18. The van der Waals surface area contributed by atoms with Crippen LogP contribution in [0.15, 0.2) is 60.7 Å². The van der Waals surface area contributed by atoms with E-state index in [1.54, 1.807) is 0 Å². The highest BCUT2D eigenvalue weighted by molar-refractivity contribution is 5.76. The molecule has 3 nitrogen and oxygen atoms in total. The fraction of sp³-hybridized carbons (Fsp3) is 0.381. The third-order valence-electron chi connectivity index (χ3n) is 5.33. The summed E-state index contributed by atoms with van der Waals surface area (Å²) in [6.07, 6.45) is 2.17. The molecule has 126 valence electrons. The quantitative estimate of drug-likeness (QED) is 0.874. The van der Waals surface area contributed by atoms with Crippen LogP contribution in [0.2, 0.25) is 0 Å². The molecule has 3 rings (SSSR count). The predicted molar refractivity (Wildman–Crippen MR) is 95.8 cm³/mol. The maximum absolute atomic E-state index is 12.3. The summed E-state index contributed by atoms with van der Waals surface area (Å²) in [4.78, 5) is 14.6. The largest absolute Gasteiger partial charge is 0.481 e. The number of carboxylic acids is 1. The van der Waals surface area contributed by atoms with E-state index in [-0.39, 0.29) is 6.04 Å². The maximum Gasteiger partial charge on any atom is 0.311 e. The molecule has 2 aromatic rings. The monoisotopic (exact) mass is 323 g/mol. The molecule has 2 unspecified atom stereocenters. The van der Waals surface area contributed by atoms with Crippen molar-refractivity contribution >= 4 is 5.97 Å². The van der Waals surface area contributed by atoms with Crippen molar-refractivity contribution in [2.45, 2.75) is 38.8 Å². The van der Waals surface area contributed by atoms with Crippen LogP contribution in [0.5, 0.6) is 0 Å². The Morgan fingerprint density at radius 2 is 1.67 bits per heavy atom. The van der Waals surface area contributed by atoms with E-state index in [2.05, 4.69) is 24.0 Å². The molecular weight excluding hydrogens is 298 g/mol. The summed E-state index contributed by atoms with van der Waals surface area (Å²) < 4.78 is 0. The van der Waals surface area contributed by atoms with Crippen molar-refractivity contribution in [2.75, 3.05) is 6.54 Å². The van der Waals surface area contributed by atoms with E-state index in [0.717, 1.165) is 25.1 Å². The van der Waals surface area contributed by atoms with Gasteiger partial charge in [0.1, 0.15) is 0 Å². The van der Waals surface area contributed by atoms with Crippen LogP contribution < -0.4 is 0 Å². The van der Waals surface area contributed by atoms with Gasteiger partial charge >= 0.3 is 5.97 Å². The Labute approximate surface area is 143 Å². The van der Waals surface area contributed by atoms with Crippen molar-refractivity contribution in [1.29, 1.82) is 0 Å². The topological polar surface area (TPSA) is 40.5 Å². The van der Waals surface area contributed by atoms with Crippen molar-refractivity contribution in [3.8, 4) is 0 Å². The van der Waals surface area contributed by atoms with Gasteiger partial charge in [0.05, 0.1) is 5.41 Å². The van der Waals surface area contributed by atoms with Crippen LogP contribution in [0.25, 0.3) is 0 Å². The molecule has 1 heterocycles. The standard InChI is InChI=1S/C21H25NO2/c1-2-19-21(20(23)24,15-17-9-5-3-6-10-17)13-14-22(19)16-18-11-7-4-8-12-18/h3-12,19H,2,13-16H2,1H3,(H,23,24). The van der Waals surface area contributed by atoms with Crippen LogP contribution in [0.1, 0.15) is 30.9 Å². The highest BCUT2D eigenvalue weighted by atomic mass is 16.4. The third kappa shape index (κ3) is 3.22. The van der Waals surface area contributed by atoms with Crippen LogP contribution in [0, 0.1) is 5.41 Å². The Bertz CT molecular complexity index is 671. The summed E-state index contributed by atoms with van der Waals surface area (Å²) in [5.41, 5.74) is 1.67. The van der Waals surface area contributed by atoms with Gasteiger partial charge in [0, 0.05) is 12.6 Å². The van der Waals surface area contributed by atoms with Gasteiger partial charge in [-0.2, -0.15) is 0 Å². The Balaban J connectivity index is 1.85. The van der Waals surface area contributed by atoms with Crippen molar-refractivity contribution in [3.05, 3.63) is 71.8 Å². The Hall–Kier alpha value is -2.13. The molecule has 1 N–H and O–H groups in total. The molecule has 3 heteroatoms. The molecule has 0 radical (unpaired) electrons. The summed E-state index contributed by atoms with van der Waals surface area (Å²) in [6.45, 7) is 3.77. The van der Waals surface area contributed by atoms with E-state index in [0.29, 0.717) is 12.8 Å². The van der Waals surface area contributed by atoms with E-state index < -0.39 is 11.4 Å². The van der Waals surface area contributed by atoms with Crippen LogP contribution in [-0.4, -0.2) is 28.6 Å². The smallest absolute Gasteiger partial charge is 0.311 e. The van der Waals surface area contributed by atoms with Crippen molar-refractivity contribution in [1.82, 2.24) is 4.90 Å². The zero-order valence-electron chi connectivity index (χ0n) is 14.2. The lowest BCUT2D eigenvalue weighted by molar-refractivity contribution is -0.150. The normalized spacial score (nSPS) is 24.1. The van der Waals surface area contributed by atoms with Gasteiger partial charge < -0.3 is 5.11 Å². The van der Waals surface area contributed by atoms with E-state index in [4.69, 9.17) is 0 Å². The highest BCUT2D eigenvalue weighted by Gasteiger charge is 2.51. The number of likely N-dealkylation sites (tertiary alicyclic amines) is 1. The van der Waals surface area contributed by atoms with E-state index in [1.807, 2.05) is 48.5 Å². The van der Waals surface area contributed by atoms with Crippen LogP contribution in [0.4, 0.5) is 0 Å². The average Bonchev–Trinajstić information content (AvgIpc) is 2.95. The molecule has 0 aromatic heterocycles. The molecule has 0 saturated carbocycles. The molecule has 2 aromatic carbocycles. The van der Waals surface area contributed by atoms with Gasteiger partial charge in [-0.05, 0) is 36.9 Å². The molecule has 1 aliphatic rings. The summed E-state index contributed by atoms with van der Waals surface area (Å²) in [6, 6.07) is 20.4. The van der Waals surface area contributed by atoms with Crippen molar-refractivity contribution in [3.63, 3.8) is 0 Å². The first-order chi connectivity index (χ1) is 11.7. The summed E-state index contributed by atoms with van der Waals surface area (Å²) in [5.74, 6) is -0.659. The molecule has 1 aliphatic heterocycles. The first kappa shape index (κ1) is 16.7. The Morgan fingerprint density at radius 3 is 2.21 bits per heavy atom. The minimum absolute atomic E-state index is 0.0652. The zero-order chi connectivity index (χ0) is 17.0. The number of benzene rings is 2. The molecule has 0 aliphatic carbocycles. The highest BCUT2D eigenvalue weighted by Crippen LogP contribution is 2.42. The SMILES string of the molecule is CCC1N(Cc2ccccc2)CCC1(Cc1ccccc1)C(=O)O. The number of carboxylic acid groups (broad SMARTS) is 1. The van der Waals surface area contributed by atoms with Gasteiger partial charge in [0.15, 0.2) is 0 Å². The first-order valence-corrected chi connectivity index (χ1v) is 8.71. The number of carbonyl (C=O) groups is 1. The third-order valence-corrected chi connectivity index (χ3v) is 5.33. The molecule has 1 saturated heterocycles. The predicted octanol–water partition coefficient (Wildman–Crippen LogP) is 3.98. The van der Waals surface area contributed by atoms with Gasteiger partial charge in [-0.15, -0.1) is 0 Å². The summed E-state index contributed by atoms with van der Waals surface area (Å²) >= 11 is 0. The first-order valence-electron chi connectivity index (χ1n) is 8.71. The lowest BCUT2D eigenvalue weighted by atomic mass is 9.74. The van der Waals surface area contributed by atoms with Gasteiger partial charge in [-0.1, -0.05) is 67.6 Å². The van der Waals surface area contributed by atoms with Crippen molar-refractivity contribution < 1.29 is 9.90 Å².